The minimum Gasteiger partial charge on any atom is -0.466 e. The number of benzene rings is 1. The molecule has 12 heteroatoms. The highest BCUT2D eigenvalue weighted by atomic mass is 16.5. The standard InChI is InChI=1S/C28H40N8O4/c1-4-13-35-26(29)25(27(38)36(14-5-2)28(35)39)30-18-22-17-24(32-33(22)3)40-19-23(37)31-20-9-11-21(12-10-20)34-15-7-6-8-16-34/h9-12,17,30H,4-8,13-16,18-19,29H2,1-3H3,(H,31,37). The normalized spacial score (nSPS) is 13.3. The third kappa shape index (κ3) is 6.67. The molecule has 3 heterocycles. The number of ether oxygens (including phenoxy) is 1. The number of carbonyl (C=O) groups excluding carboxylic acids is 1. The van der Waals surface area contributed by atoms with Crippen LogP contribution >= 0.6 is 0 Å². The van der Waals surface area contributed by atoms with Crippen molar-refractivity contribution in [2.24, 2.45) is 7.05 Å². The third-order valence-corrected chi connectivity index (χ3v) is 6.99. The highest BCUT2D eigenvalue weighted by molar-refractivity contribution is 5.92. The van der Waals surface area contributed by atoms with Crippen LogP contribution in [0.15, 0.2) is 39.9 Å². The Hall–Kier alpha value is -4.22. The molecule has 0 spiro atoms. The topological polar surface area (TPSA) is 141 Å². The van der Waals surface area contributed by atoms with Gasteiger partial charge >= 0.3 is 5.69 Å². The summed E-state index contributed by atoms with van der Waals surface area (Å²) in [5, 5.41) is 10.3. The van der Waals surface area contributed by atoms with Crippen molar-refractivity contribution < 1.29 is 9.53 Å². The summed E-state index contributed by atoms with van der Waals surface area (Å²) in [6, 6.07) is 9.54. The molecule has 2 aromatic heterocycles. The zero-order chi connectivity index (χ0) is 28.6. The number of rotatable bonds is 12. The van der Waals surface area contributed by atoms with Crippen molar-refractivity contribution >= 4 is 28.8 Å². The molecule has 216 valence electrons. The zero-order valence-corrected chi connectivity index (χ0v) is 23.6. The van der Waals surface area contributed by atoms with Crippen LogP contribution in [0.3, 0.4) is 0 Å². The molecular weight excluding hydrogens is 512 g/mol. The van der Waals surface area contributed by atoms with Gasteiger partial charge in [0.1, 0.15) is 11.5 Å². The summed E-state index contributed by atoms with van der Waals surface area (Å²) < 4.78 is 9.86. The highest BCUT2D eigenvalue weighted by Crippen LogP contribution is 2.22. The first-order valence-electron chi connectivity index (χ1n) is 14.0. The van der Waals surface area contributed by atoms with E-state index < -0.39 is 11.2 Å². The van der Waals surface area contributed by atoms with Crippen LogP contribution in [0.4, 0.5) is 22.9 Å². The number of nitrogens with one attached hydrogen (secondary N) is 2. The summed E-state index contributed by atoms with van der Waals surface area (Å²) in [5.74, 6) is 0.101. The number of anilines is 4. The maximum atomic E-state index is 13.0. The molecule has 0 aliphatic carbocycles. The first-order chi connectivity index (χ1) is 19.3. The van der Waals surface area contributed by atoms with Crippen LogP contribution in [0.25, 0.3) is 0 Å². The van der Waals surface area contributed by atoms with Gasteiger partial charge in [-0.25, -0.2) is 4.79 Å². The number of hydrogen-bond donors (Lipinski definition) is 3. The molecule has 0 saturated carbocycles. The molecule has 1 saturated heterocycles. The van der Waals surface area contributed by atoms with E-state index in [-0.39, 0.29) is 36.4 Å². The molecule has 1 aromatic carbocycles. The Morgan fingerprint density at radius 1 is 1.02 bits per heavy atom. The van der Waals surface area contributed by atoms with E-state index in [4.69, 9.17) is 10.5 Å². The van der Waals surface area contributed by atoms with E-state index in [1.165, 1.54) is 34.1 Å². The van der Waals surface area contributed by atoms with Crippen LogP contribution < -0.4 is 37.3 Å². The van der Waals surface area contributed by atoms with E-state index in [0.717, 1.165) is 13.1 Å². The molecule has 0 bridgehead atoms. The Labute approximate surface area is 233 Å². The van der Waals surface area contributed by atoms with Gasteiger partial charge in [-0.15, -0.1) is 5.10 Å². The van der Waals surface area contributed by atoms with E-state index in [9.17, 15) is 14.4 Å². The second kappa shape index (κ2) is 13.2. The summed E-state index contributed by atoms with van der Waals surface area (Å²) in [4.78, 5) is 40.6. The van der Waals surface area contributed by atoms with Crippen LogP contribution in [-0.4, -0.2) is 44.5 Å². The highest BCUT2D eigenvalue weighted by Gasteiger charge is 2.18. The average Bonchev–Trinajstić information content (AvgIpc) is 3.32. The number of hydrogen-bond acceptors (Lipinski definition) is 8. The minimum absolute atomic E-state index is 0.114. The molecule has 1 amide bonds. The molecule has 1 fully saturated rings. The van der Waals surface area contributed by atoms with Gasteiger partial charge in [0.15, 0.2) is 6.61 Å². The third-order valence-electron chi connectivity index (χ3n) is 6.99. The summed E-state index contributed by atoms with van der Waals surface area (Å²) >= 11 is 0. The number of amides is 1. The molecule has 4 N–H and O–H groups in total. The molecule has 3 aromatic rings. The largest absolute Gasteiger partial charge is 0.466 e. The number of aryl methyl sites for hydroxylation is 1. The zero-order valence-electron chi connectivity index (χ0n) is 23.6. The second-order valence-corrected chi connectivity index (χ2v) is 10.0. The van der Waals surface area contributed by atoms with E-state index in [1.807, 2.05) is 38.1 Å². The number of nitrogen functional groups attached to an aromatic ring is 1. The smallest absolute Gasteiger partial charge is 0.332 e. The molecule has 1 aliphatic heterocycles. The number of nitrogens with two attached hydrogens (primary N) is 1. The molecule has 0 atom stereocenters. The van der Waals surface area contributed by atoms with Gasteiger partial charge < -0.3 is 26.0 Å². The summed E-state index contributed by atoms with van der Waals surface area (Å²) in [6.45, 7) is 6.73. The Morgan fingerprint density at radius 3 is 2.38 bits per heavy atom. The first kappa shape index (κ1) is 28.8. The van der Waals surface area contributed by atoms with Gasteiger partial charge in [-0.1, -0.05) is 13.8 Å². The lowest BCUT2D eigenvalue weighted by molar-refractivity contribution is -0.118. The van der Waals surface area contributed by atoms with Gasteiger partial charge in [0, 0.05) is 50.7 Å². The summed E-state index contributed by atoms with van der Waals surface area (Å²) in [6.07, 6.45) is 5.05. The minimum atomic E-state index is -0.448. The van der Waals surface area contributed by atoms with Crippen molar-refractivity contribution in [3.8, 4) is 5.88 Å². The van der Waals surface area contributed by atoms with Gasteiger partial charge in [0.05, 0.1) is 12.2 Å². The predicted molar refractivity (Wildman–Crippen MR) is 157 cm³/mol. The molecule has 0 unspecified atom stereocenters. The van der Waals surface area contributed by atoms with Gasteiger partial charge in [-0.2, -0.15) is 0 Å². The van der Waals surface area contributed by atoms with Crippen LogP contribution in [0.2, 0.25) is 0 Å². The van der Waals surface area contributed by atoms with Gasteiger partial charge in [-0.05, 0) is 56.4 Å². The fraction of sp³-hybridized carbons (Fsp3) is 0.500. The Kier molecular flexibility index (Phi) is 9.52. The maximum absolute atomic E-state index is 13.0. The van der Waals surface area contributed by atoms with Crippen molar-refractivity contribution in [1.82, 2.24) is 18.9 Å². The predicted octanol–water partition coefficient (Wildman–Crippen LogP) is 2.77. The van der Waals surface area contributed by atoms with E-state index in [2.05, 4.69) is 20.6 Å². The maximum Gasteiger partial charge on any atom is 0.332 e. The molecule has 0 radical (unpaired) electrons. The molecular formula is C28H40N8O4. The van der Waals surface area contributed by atoms with E-state index in [1.54, 1.807) is 17.8 Å². The summed E-state index contributed by atoms with van der Waals surface area (Å²) in [7, 11) is 1.74. The molecule has 4 rings (SSSR count). The second-order valence-electron chi connectivity index (χ2n) is 10.0. The van der Waals surface area contributed by atoms with E-state index >= 15 is 0 Å². The summed E-state index contributed by atoms with van der Waals surface area (Å²) in [5.41, 5.74) is 8.13. The Bertz CT molecular complexity index is 1420. The van der Waals surface area contributed by atoms with Crippen molar-refractivity contribution in [2.75, 3.05) is 41.0 Å². The molecule has 12 nitrogen and oxygen atoms in total. The number of aromatic nitrogens is 4. The van der Waals surface area contributed by atoms with Gasteiger partial charge in [0.25, 0.3) is 11.5 Å². The van der Waals surface area contributed by atoms with E-state index in [0.29, 0.717) is 37.3 Å². The SMILES string of the molecule is CCCn1c(N)c(NCc2cc(OCC(=O)Nc3ccc(N4CCCCC4)cc3)nn2C)c(=O)n(CCC)c1=O. The van der Waals surface area contributed by atoms with Crippen LogP contribution in [-0.2, 0) is 31.5 Å². The Balaban J connectivity index is 1.36. The monoisotopic (exact) mass is 552 g/mol. The lowest BCUT2D eigenvalue weighted by atomic mass is 10.1. The number of piperidine rings is 1. The Morgan fingerprint density at radius 2 is 1.70 bits per heavy atom. The fourth-order valence-electron chi connectivity index (χ4n) is 4.88. The van der Waals surface area contributed by atoms with Crippen molar-refractivity contribution in [3.63, 3.8) is 0 Å². The van der Waals surface area contributed by atoms with Crippen LogP contribution in [0, 0.1) is 0 Å². The van der Waals surface area contributed by atoms with Crippen LogP contribution in [0.5, 0.6) is 5.88 Å². The fourth-order valence-corrected chi connectivity index (χ4v) is 4.88. The van der Waals surface area contributed by atoms with Crippen molar-refractivity contribution in [2.45, 2.75) is 65.6 Å². The first-order valence-corrected chi connectivity index (χ1v) is 14.0. The lowest BCUT2D eigenvalue weighted by Gasteiger charge is -2.28. The van der Waals surface area contributed by atoms with Crippen molar-refractivity contribution in [1.29, 1.82) is 0 Å². The number of carbonyl (C=O) groups is 1. The lowest BCUT2D eigenvalue weighted by Crippen LogP contribution is -2.42. The molecule has 1 aliphatic rings. The quantitative estimate of drug-likeness (QED) is 0.311. The average molecular weight is 553 g/mol. The number of nitrogens with zero attached hydrogens (tertiary/aromatic N) is 5. The molecule has 40 heavy (non-hydrogen) atoms. The van der Waals surface area contributed by atoms with Gasteiger partial charge in [-0.3, -0.25) is 23.4 Å². The van der Waals surface area contributed by atoms with Crippen molar-refractivity contribution in [3.05, 3.63) is 56.9 Å². The van der Waals surface area contributed by atoms with Crippen LogP contribution in [0.1, 0.15) is 51.6 Å². The van der Waals surface area contributed by atoms with Gasteiger partial charge in [0.2, 0.25) is 5.88 Å².